The Morgan fingerprint density at radius 3 is 2.14 bits per heavy atom. The van der Waals surface area contributed by atoms with Gasteiger partial charge in [0.25, 0.3) is 10.0 Å². The molecule has 0 spiro atoms. The standard InChI is InChI=1S/C16H25NO3S/c1-12(2)16(18)14(4)10-11-17(5)21(19,20)15-8-6-13(3)7-9-15/h6-12,14,16,18H,1-5H3/b11-10-/t14-,16+/m1/s1. The molecule has 1 aromatic rings. The summed E-state index contributed by atoms with van der Waals surface area (Å²) in [6, 6.07) is 6.74. The molecule has 0 aliphatic rings. The molecule has 2 atom stereocenters. The van der Waals surface area contributed by atoms with Gasteiger partial charge in [-0.3, -0.25) is 4.31 Å². The molecule has 0 heterocycles. The summed E-state index contributed by atoms with van der Waals surface area (Å²) in [4.78, 5) is 0.261. The van der Waals surface area contributed by atoms with Gasteiger partial charge in [-0.25, -0.2) is 8.42 Å². The predicted octanol–water partition coefficient (Wildman–Crippen LogP) is 2.78. The fourth-order valence-corrected chi connectivity index (χ4v) is 2.98. The Hall–Kier alpha value is -1.33. The molecule has 0 aliphatic carbocycles. The fourth-order valence-electron chi connectivity index (χ4n) is 1.93. The monoisotopic (exact) mass is 311 g/mol. The zero-order chi connectivity index (χ0) is 16.2. The van der Waals surface area contributed by atoms with E-state index in [0.29, 0.717) is 0 Å². The van der Waals surface area contributed by atoms with Crippen molar-refractivity contribution in [2.45, 2.75) is 38.7 Å². The normalized spacial score (nSPS) is 15.4. The number of nitrogens with zero attached hydrogens (tertiary/aromatic N) is 1. The first-order valence-corrected chi connectivity index (χ1v) is 8.51. The predicted molar refractivity (Wildman–Crippen MR) is 85.3 cm³/mol. The topological polar surface area (TPSA) is 57.6 Å². The van der Waals surface area contributed by atoms with Crippen LogP contribution in [0.2, 0.25) is 0 Å². The van der Waals surface area contributed by atoms with Gasteiger partial charge in [-0.2, -0.15) is 0 Å². The highest BCUT2D eigenvalue weighted by Gasteiger charge is 2.19. The Labute approximate surface area is 128 Å². The number of hydrogen-bond acceptors (Lipinski definition) is 3. The van der Waals surface area contributed by atoms with E-state index in [9.17, 15) is 13.5 Å². The zero-order valence-electron chi connectivity index (χ0n) is 13.3. The highest BCUT2D eigenvalue weighted by atomic mass is 32.2. The van der Waals surface area contributed by atoms with Crippen LogP contribution in [0.5, 0.6) is 0 Å². The third-order valence-electron chi connectivity index (χ3n) is 3.52. The van der Waals surface area contributed by atoms with Crippen molar-refractivity contribution >= 4 is 10.0 Å². The van der Waals surface area contributed by atoms with Gasteiger partial charge in [0.2, 0.25) is 0 Å². The highest BCUT2D eigenvalue weighted by Crippen LogP contribution is 2.17. The molecule has 0 saturated carbocycles. The molecule has 1 N–H and O–H groups in total. The molecule has 0 fully saturated rings. The summed E-state index contributed by atoms with van der Waals surface area (Å²) in [5.74, 6) is 0.0179. The van der Waals surface area contributed by atoms with Crippen LogP contribution in [0.3, 0.4) is 0 Å². The number of rotatable bonds is 6. The number of benzene rings is 1. The van der Waals surface area contributed by atoms with Crippen molar-refractivity contribution < 1.29 is 13.5 Å². The maximum Gasteiger partial charge on any atom is 0.263 e. The second-order valence-corrected chi connectivity index (χ2v) is 7.77. The maximum absolute atomic E-state index is 12.4. The van der Waals surface area contributed by atoms with Gasteiger partial charge in [0.05, 0.1) is 11.0 Å². The molecule has 0 radical (unpaired) electrons. The second kappa shape index (κ2) is 7.09. The van der Waals surface area contributed by atoms with E-state index >= 15 is 0 Å². The molecule has 0 bridgehead atoms. The number of hydrogen-bond donors (Lipinski definition) is 1. The van der Waals surface area contributed by atoms with Crippen LogP contribution >= 0.6 is 0 Å². The van der Waals surface area contributed by atoms with Crippen LogP contribution < -0.4 is 0 Å². The molecule has 0 saturated heterocycles. The Bertz CT molecular complexity index is 576. The molecule has 0 aliphatic heterocycles. The number of sulfonamides is 1. The number of aliphatic hydroxyl groups excluding tert-OH is 1. The highest BCUT2D eigenvalue weighted by molar-refractivity contribution is 7.89. The Morgan fingerprint density at radius 2 is 1.67 bits per heavy atom. The minimum Gasteiger partial charge on any atom is -0.392 e. The summed E-state index contributed by atoms with van der Waals surface area (Å²) in [5.41, 5.74) is 1.01. The van der Waals surface area contributed by atoms with Crippen LogP contribution in [-0.2, 0) is 10.0 Å². The Balaban J connectivity index is 2.87. The Kier molecular flexibility index (Phi) is 5.98. The van der Waals surface area contributed by atoms with Crippen molar-refractivity contribution in [1.82, 2.24) is 4.31 Å². The molecular formula is C16H25NO3S. The van der Waals surface area contributed by atoms with Crippen molar-refractivity contribution in [2.24, 2.45) is 11.8 Å². The van der Waals surface area contributed by atoms with Crippen molar-refractivity contribution in [3.63, 3.8) is 0 Å². The van der Waals surface area contributed by atoms with Crippen LogP contribution in [0, 0.1) is 18.8 Å². The van der Waals surface area contributed by atoms with E-state index in [1.807, 2.05) is 27.7 Å². The first-order valence-electron chi connectivity index (χ1n) is 7.07. The molecular weight excluding hydrogens is 286 g/mol. The maximum atomic E-state index is 12.4. The quantitative estimate of drug-likeness (QED) is 0.879. The average Bonchev–Trinajstić information content (AvgIpc) is 2.43. The van der Waals surface area contributed by atoms with Crippen LogP contribution in [0.4, 0.5) is 0 Å². The van der Waals surface area contributed by atoms with E-state index in [1.165, 1.54) is 17.6 Å². The van der Waals surface area contributed by atoms with Gasteiger partial charge in [-0.15, -0.1) is 0 Å². The van der Waals surface area contributed by atoms with E-state index in [-0.39, 0.29) is 16.7 Å². The molecule has 21 heavy (non-hydrogen) atoms. The van der Waals surface area contributed by atoms with Crippen LogP contribution in [0.25, 0.3) is 0 Å². The molecule has 0 unspecified atom stereocenters. The van der Waals surface area contributed by atoms with Gasteiger partial charge < -0.3 is 5.11 Å². The summed E-state index contributed by atoms with van der Waals surface area (Å²) in [6.07, 6.45) is 2.73. The first kappa shape index (κ1) is 17.7. The van der Waals surface area contributed by atoms with Crippen LogP contribution in [-0.4, -0.2) is 31.0 Å². The van der Waals surface area contributed by atoms with E-state index in [0.717, 1.165) is 5.56 Å². The summed E-state index contributed by atoms with van der Waals surface area (Å²) >= 11 is 0. The first-order chi connectivity index (χ1) is 9.66. The van der Waals surface area contributed by atoms with Gasteiger partial charge in [0.15, 0.2) is 0 Å². The van der Waals surface area contributed by atoms with Crippen molar-refractivity contribution in [3.8, 4) is 0 Å². The molecule has 1 aromatic carbocycles. The lowest BCUT2D eigenvalue weighted by atomic mass is 9.95. The third kappa shape index (κ3) is 4.58. The summed E-state index contributed by atoms with van der Waals surface area (Å²) in [5, 5.41) is 9.94. The largest absolute Gasteiger partial charge is 0.392 e. The smallest absolute Gasteiger partial charge is 0.263 e. The van der Waals surface area contributed by atoms with Gasteiger partial charge in [-0.1, -0.05) is 44.5 Å². The van der Waals surface area contributed by atoms with Crippen molar-refractivity contribution in [2.75, 3.05) is 7.05 Å². The van der Waals surface area contributed by atoms with E-state index in [2.05, 4.69) is 0 Å². The molecule has 1 rings (SSSR count). The third-order valence-corrected chi connectivity index (χ3v) is 5.27. The second-order valence-electron chi connectivity index (χ2n) is 5.77. The zero-order valence-corrected chi connectivity index (χ0v) is 14.1. The van der Waals surface area contributed by atoms with Gasteiger partial charge >= 0.3 is 0 Å². The SMILES string of the molecule is Cc1ccc(S(=O)(=O)N(C)/C=C\[C@@H](C)[C@@H](O)C(C)C)cc1. The summed E-state index contributed by atoms with van der Waals surface area (Å²) in [6.45, 7) is 7.64. The average molecular weight is 311 g/mol. The van der Waals surface area contributed by atoms with Gasteiger partial charge in [0, 0.05) is 19.2 Å². The molecule has 0 amide bonds. The van der Waals surface area contributed by atoms with Crippen molar-refractivity contribution in [3.05, 3.63) is 42.1 Å². The molecule has 118 valence electrons. The van der Waals surface area contributed by atoms with Crippen LogP contribution in [0.15, 0.2) is 41.4 Å². The lowest BCUT2D eigenvalue weighted by Crippen LogP contribution is -2.24. The molecule has 4 nitrogen and oxygen atoms in total. The lowest BCUT2D eigenvalue weighted by Gasteiger charge is -2.20. The molecule has 0 aromatic heterocycles. The minimum atomic E-state index is -3.53. The number of aryl methyl sites for hydroxylation is 1. The summed E-state index contributed by atoms with van der Waals surface area (Å²) in [7, 11) is -2.03. The van der Waals surface area contributed by atoms with E-state index in [4.69, 9.17) is 0 Å². The molecule has 5 heteroatoms. The van der Waals surface area contributed by atoms with Crippen LogP contribution in [0.1, 0.15) is 26.3 Å². The van der Waals surface area contributed by atoms with Crippen molar-refractivity contribution in [1.29, 1.82) is 0 Å². The Morgan fingerprint density at radius 1 is 1.14 bits per heavy atom. The fraction of sp³-hybridized carbons (Fsp3) is 0.500. The van der Waals surface area contributed by atoms with Gasteiger partial charge in [0.1, 0.15) is 0 Å². The lowest BCUT2D eigenvalue weighted by molar-refractivity contribution is 0.0908. The number of aliphatic hydroxyl groups is 1. The van der Waals surface area contributed by atoms with Gasteiger partial charge in [-0.05, 0) is 25.0 Å². The van der Waals surface area contributed by atoms with E-state index in [1.54, 1.807) is 30.3 Å². The van der Waals surface area contributed by atoms with E-state index < -0.39 is 16.1 Å². The summed E-state index contributed by atoms with van der Waals surface area (Å²) < 4.78 is 25.9. The minimum absolute atomic E-state index is 0.110.